The molecule has 124 valence electrons. The lowest BCUT2D eigenvalue weighted by Gasteiger charge is -2.52. The van der Waals surface area contributed by atoms with Crippen molar-refractivity contribution < 1.29 is 0 Å². The molecule has 22 heavy (non-hydrogen) atoms. The van der Waals surface area contributed by atoms with E-state index in [1.165, 1.54) is 0 Å². The second kappa shape index (κ2) is 6.11. The molecule has 1 aliphatic rings. The summed E-state index contributed by atoms with van der Waals surface area (Å²) in [5.74, 6) is 0. The monoisotopic (exact) mass is 540 g/mol. The molecule has 12 heteroatoms. The Morgan fingerprint density at radius 3 is 0.864 bits per heavy atom. The maximum Gasteiger partial charge on any atom is 0.191 e. The van der Waals surface area contributed by atoms with E-state index in [0.29, 0.717) is 0 Å². The summed E-state index contributed by atoms with van der Waals surface area (Å²) in [7, 11) is 0. The molecular formula is C10Cl12. The van der Waals surface area contributed by atoms with Crippen LogP contribution in [0.3, 0.4) is 0 Å². The third kappa shape index (κ3) is 2.48. The van der Waals surface area contributed by atoms with Gasteiger partial charge in [-0.05, 0) is 0 Å². The summed E-state index contributed by atoms with van der Waals surface area (Å²) in [4.78, 5) is 0. The van der Waals surface area contributed by atoms with E-state index >= 15 is 0 Å². The normalized spacial score (nSPS) is 24.0. The van der Waals surface area contributed by atoms with E-state index in [1.807, 2.05) is 0 Å². The third-order valence-electron chi connectivity index (χ3n) is 3.08. The molecule has 1 aromatic rings. The van der Waals surface area contributed by atoms with E-state index in [0.717, 1.165) is 0 Å². The van der Waals surface area contributed by atoms with Gasteiger partial charge in [0.05, 0.1) is 20.1 Å². The first kappa shape index (κ1) is 21.0. The maximum atomic E-state index is 6.28. The predicted octanol–water partition coefficient (Wildman–Crippen LogP) is 8.92. The highest BCUT2D eigenvalue weighted by atomic mass is 35.6. The van der Waals surface area contributed by atoms with Crippen LogP contribution in [0.25, 0.3) is 0 Å². The summed E-state index contributed by atoms with van der Waals surface area (Å²) >= 11 is 74.1. The summed E-state index contributed by atoms with van der Waals surface area (Å²) in [6, 6.07) is 0. The lowest BCUT2D eigenvalue weighted by molar-refractivity contribution is 0.508. The minimum absolute atomic E-state index is 0.135. The van der Waals surface area contributed by atoms with E-state index in [4.69, 9.17) is 139 Å². The first-order chi connectivity index (χ1) is 9.64. The van der Waals surface area contributed by atoms with Crippen molar-refractivity contribution in [3.8, 4) is 0 Å². The predicted molar refractivity (Wildman–Crippen MR) is 102 cm³/mol. The zero-order chi connectivity index (χ0) is 17.5. The molecule has 0 amide bonds. The zero-order valence-corrected chi connectivity index (χ0v) is 18.6. The van der Waals surface area contributed by atoms with Crippen LogP contribution in [0.1, 0.15) is 11.1 Å². The zero-order valence-electron chi connectivity index (χ0n) is 9.54. The van der Waals surface area contributed by atoms with Gasteiger partial charge in [0.1, 0.15) is 0 Å². The van der Waals surface area contributed by atoms with Crippen molar-refractivity contribution in [3.05, 3.63) is 31.2 Å². The van der Waals surface area contributed by atoms with Crippen LogP contribution in [0.2, 0.25) is 20.1 Å². The molecule has 1 aliphatic carbocycles. The van der Waals surface area contributed by atoms with Crippen LogP contribution in [-0.4, -0.2) is 8.67 Å². The van der Waals surface area contributed by atoms with Gasteiger partial charge < -0.3 is 0 Å². The molecule has 0 aromatic heterocycles. The van der Waals surface area contributed by atoms with Gasteiger partial charge in [-0.25, -0.2) is 0 Å². The molecule has 0 spiro atoms. The van der Waals surface area contributed by atoms with Gasteiger partial charge in [0.2, 0.25) is 0 Å². The molecular weight excluding hydrogens is 546 g/mol. The summed E-state index contributed by atoms with van der Waals surface area (Å²) < 4.78 is -8.88. The number of benzene rings is 1. The molecule has 0 heterocycles. The van der Waals surface area contributed by atoms with Crippen molar-refractivity contribution in [2.24, 2.45) is 0 Å². The van der Waals surface area contributed by atoms with E-state index in [2.05, 4.69) is 0 Å². The number of fused-ring (bicyclic) bond motifs is 1. The Morgan fingerprint density at radius 1 is 0.409 bits per heavy atom. The Kier molecular flexibility index (Phi) is 5.84. The molecule has 0 radical (unpaired) electrons. The topological polar surface area (TPSA) is 0 Å². The highest BCUT2D eigenvalue weighted by molar-refractivity contribution is 6.75. The first-order valence-electron chi connectivity index (χ1n) is 5.02. The van der Waals surface area contributed by atoms with Gasteiger partial charge in [-0.3, -0.25) is 0 Å². The van der Waals surface area contributed by atoms with Gasteiger partial charge in [0, 0.05) is 11.1 Å². The smallest absolute Gasteiger partial charge is 0.0943 e. The lowest BCUT2D eigenvalue weighted by Crippen LogP contribution is -2.60. The van der Waals surface area contributed by atoms with Gasteiger partial charge in [-0.15, -0.1) is 0 Å². The second-order valence-corrected chi connectivity index (χ2v) is 11.1. The molecule has 0 saturated carbocycles. The van der Waals surface area contributed by atoms with Crippen LogP contribution in [0.15, 0.2) is 0 Å². The van der Waals surface area contributed by atoms with Crippen LogP contribution in [0.5, 0.6) is 0 Å². The van der Waals surface area contributed by atoms with E-state index in [-0.39, 0.29) is 31.2 Å². The van der Waals surface area contributed by atoms with E-state index in [9.17, 15) is 0 Å². The third-order valence-corrected chi connectivity index (χ3v) is 10.2. The quantitative estimate of drug-likeness (QED) is 0.174. The van der Waals surface area contributed by atoms with Crippen molar-refractivity contribution in [2.45, 2.75) is 17.3 Å². The maximum absolute atomic E-state index is 6.28. The Hall–Kier alpha value is 2.70. The van der Waals surface area contributed by atoms with Crippen LogP contribution in [-0.2, 0) is 8.67 Å². The minimum atomic E-state index is -2.28. The number of hydrogen-bond donors (Lipinski definition) is 0. The first-order valence-corrected chi connectivity index (χ1v) is 9.55. The second-order valence-electron chi connectivity index (χ2n) is 4.30. The van der Waals surface area contributed by atoms with Crippen molar-refractivity contribution >= 4 is 139 Å². The van der Waals surface area contributed by atoms with E-state index in [1.54, 1.807) is 0 Å². The van der Waals surface area contributed by atoms with Gasteiger partial charge in [-0.1, -0.05) is 139 Å². The van der Waals surface area contributed by atoms with Crippen molar-refractivity contribution in [3.63, 3.8) is 0 Å². The Morgan fingerprint density at radius 2 is 0.636 bits per heavy atom. The van der Waals surface area contributed by atoms with Crippen molar-refractivity contribution in [1.82, 2.24) is 0 Å². The van der Waals surface area contributed by atoms with Crippen LogP contribution in [0.4, 0.5) is 0 Å². The fourth-order valence-electron chi connectivity index (χ4n) is 1.93. The largest absolute Gasteiger partial charge is 0.191 e. The average Bonchev–Trinajstić information content (AvgIpc) is 2.37. The van der Waals surface area contributed by atoms with Crippen molar-refractivity contribution in [2.75, 3.05) is 0 Å². The van der Waals surface area contributed by atoms with Crippen LogP contribution in [0, 0.1) is 0 Å². The highest BCUT2D eigenvalue weighted by Gasteiger charge is 2.74. The van der Waals surface area contributed by atoms with Gasteiger partial charge in [0.25, 0.3) is 0 Å². The standard InChI is InChI=1S/C10Cl12/c11-3-1-2(4(12)6(14)5(3)13)8(17,18)10(21,22)9(19,20)7(1,15)16. The van der Waals surface area contributed by atoms with Gasteiger partial charge in [0.15, 0.2) is 17.3 Å². The molecule has 0 saturated heterocycles. The minimum Gasteiger partial charge on any atom is -0.0943 e. The fraction of sp³-hybridized carbons (Fsp3) is 0.400. The van der Waals surface area contributed by atoms with Crippen LogP contribution < -0.4 is 0 Å². The average molecular weight is 546 g/mol. The Labute approximate surface area is 186 Å². The molecule has 0 N–H and O–H groups in total. The van der Waals surface area contributed by atoms with Gasteiger partial charge >= 0.3 is 0 Å². The summed E-state index contributed by atoms with van der Waals surface area (Å²) in [6.45, 7) is 0. The van der Waals surface area contributed by atoms with E-state index < -0.39 is 17.3 Å². The summed E-state index contributed by atoms with van der Waals surface area (Å²) in [6.07, 6.45) is 0. The van der Waals surface area contributed by atoms with Gasteiger partial charge in [-0.2, -0.15) is 0 Å². The number of halogens is 12. The molecule has 0 nitrogen and oxygen atoms in total. The van der Waals surface area contributed by atoms with Crippen LogP contribution >= 0.6 is 139 Å². The molecule has 0 atom stereocenters. The Balaban J connectivity index is 3.11. The Bertz CT molecular complexity index is 602. The molecule has 2 rings (SSSR count). The number of rotatable bonds is 0. The lowest BCUT2D eigenvalue weighted by atomic mass is 9.88. The molecule has 0 aliphatic heterocycles. The SMILES string of the molecule is Clc1c(Cl)c(Cl)c2c(c1Cl)C(Cl)(Cl)C(Cl)(Cl)C(Cl)(Cl)C2(Cl)Cl. The molecule has 0 bridgehead atoms. The molecule has 1 aromatic carbocycles. The van der Waals surface area contributed by atoms with Crippen molar-refractivity contribution in [1.29, 1.82) is 0 Å². The number of hydrogen-bond acceptors (Lipinski definition) is 0. The summed E-state index contributed by atoms with van der Waals surface area (Å²) in [5.41, 5.74) is -0.271. The highest BCUT2D eigenvalue weighted by Crippen LogP contribution is 2.73. The molecule has 0 fully saturated rings. The fourth-order valence-corrected chi connectivity index (χ4v) is 5.91. The summed E-state index contributed by atoms with van der Waals surface area (Å²) in [5, 5.41) is -0.641. The number of alkyl halides is 8. The molecule has 0 unspecified atom stereocenters.